The lowest BCUT2D eigenvalue weighted by atomic mass is 10.0. The largest absolute Gasteiger partial charge is 0.496 e. The average molecular weight is 626 g/mol. The molecule has 0 radical (unpaired) electrons. The van der Waals surface area contributed by atoms with E-state index in [-0.39, 0.29) is 34.4 Å². The Balaban J connectivity index is 1.49. The zero-order chi connectivity index (χ0) is 31.9. The van der Waals surface area contributed by atoms with Crippen molar-refractivity contribution in [3.05, 3.63) is 107 Å². The van der Waals surface area contributed by atoms with Crippen molar-refractivity contribution in [2.24, 2.45) is 0 Å². The predicted molar refractivity (Wildman–Crippen MR) is 179 cm³/mol. The normalized spacial score (nSPS) is 12.8. The van der Waals surface area contributed by atoms with Crippen molar-refractivity contribution in [3.8, 4) is 16.9 Å². The van der Waals surface area contributed by atoms with Gasteiger partial charge in [-0.1, -0.05) is 54.1 Å². The second-order valence-corrected chi connectivity index (χ2v) is 11.3. The van der Waals surface area contributed by atoms with Gasteiger partial charge in [0.1, 0.15) is 11.3 Å². The lowest BCUT2D eigenvalue weighted by Gasteiger charge is -2.34. The van der Waals surface area contributed by atoms with Crippen molar-refractivity contribution in [1.29, 1.82) is 0 Å². The highest BCUT2D eigenvalue weighted by Crippen LogP contribution is 2.34. The first-order valence-corrected chi connectivity index (χ1v) is 15.3. The maximum absolute atomic E-state index is 14.2. The number of amides is 1. The number of carbonyl (C=O) groups is 3. The molecule has 4 aromatic rings. The van der Waals surface area contributed by atoms with Crippen molar-refractivity contribution >= 4 is 46.3 Å². The van der Waals surface area contributed by atoms with E-state index in [0.29, 0.717) is 16.8 Å². The highest BCUT2D eigenvalue weighted by atomic mass is 35.5. The molecule has 0 aromatic heterocycles. The van der Waals surface area contributed by atoms with Gasteiger partial charge in [0.2, 0.25) is 5.91 Å². The summed E-state index contributed by atoms with van der Waals surface area (Å²) in [6.07, 6.45) is 3.30. The molecule has 1 N–H and O–H groups in total. The summed E-state index contributed by atoms with van der Waals surface area (Å²) in [5, 5.41) is 1.82. The Morgan fingerprint density at radius 3 is 2.29 bits per heavy atom. The lowest BCUT2D eigenvalue weighted by Crippen LogP contribution is -2.39. The SMILES string of the molecule is COC(=O)c1cc(Cl)c(CC(=O)N(Nc2ccc(-c3cccc(C(C)=O)c3)cc2)c2ccccc2N2CCCCC2)cc1OC. The number of anilines is 3. The van der Waals surface area contributed by atoms with Crippen LogP contribution in [0.15, 0.2) is 84.9 Å². The van der Waals surface area contributed by atoms with Crippen LogP contribution in [0.3, 0.4) is 0 Å². The third-order valence-electron chi connectivity index (χ3n) is 7.91. The maximum atomic E-state index is 14.2. The van der Waals surface area contributed by atoms with Crippen molar-refractivity contribution in [2.45, 2.75) is 32.6 Å². The van der Waals surface area contributed by atoms with Crippen molar-refractivity contribution in [3.63, 3.8) is 0 Å². The van der Waals surface area contributed by atoms with Crippen LogP contribution in [-0.4, -0.2) is 45.0 Å². The van der Waals surface area contributed by atoms with E-state index in [0.717, 1.165) is 48.4 Å². The topological polar surface area (TPSA) is 88.2 Å². The first kappa shape index (κ1) is 31.6. The maximum Gasteiger partial charge on any atom is 0.341 e. The fourth-order valence-corrected chi connectivity index (χ4v) is 5.74. The van der Waals surface area contributed by atoms with Gasteiger partial charge in [-0.2, -0.15) is 0 Å². The zero-order valence-electron chi connectivity index (χ0n) is 25.6. The zero-order valence-corrected chi connectivity index (χ0v) is 26.4. The van der Waals surface area contributed by atoms with Gasteiger partial charge in [0.05, 0.1) is 37.7 Å². The number of benzene rings is 4. The fraction of sp³-hybridized carbons (Fsp3) is 0.250. The Morgan fingerprint density at radius 2 is 1.60 bits per heavy atom. The van der Waals surface area contributed by atoms with Gasteiger partial charge in [0.15, 0.2) is 5.78 Å². The number of rotatable bonds is 10. The highest BCUT2D eigenvalue weighted by Gasteiger charge is 2.25. The quantitative estimate of drug-likeness (QED) is 0.110. The summed E-state index contributed by atoms with van der Waals surface area (Å²) in [4.78, 5) is 40.7. The Hall–Kier alpha value is -4.82. The summed E-state index contributed by atoms with van der Waals surface area (Å²) < 4.78 is 10.3. The van der Waals surface area contributed by atoms with E-state index >= 15 is 0 Å². The van der Waals surface area contributed by atoms with Crippen LogP contribution in [0.25, 0.3) is 11.1 Å². The molecule has 5 rings (SSSR count). The molecule has 1 aliphatic rings. The lowest BCUT2D eigenvalue weighted by molar-refractivity contribution is -0.117. The molecule has 0 unspecified atom stereocenters. The summed E-state index contributed by atoms with van der Waals surface area (Å²) in [6.45, 7) is 3.37. The minimum atomic E-state index is -0.582. The fourth-order valence-electron chi connectivity index (χ4n) is 5.51. The minimum absolute atomic E-state index is 0.00863. The number of Topliss-reactive ketones (excluding diaryl/α,β-unsaturated/α-hetero) is 1. The second-order valence-electron chi connectivity index (χ2n) is 10.9. The van der Waals surface area contributed by atoms with E-state index in [2.05, 4.69) is 10.3 Å². The van der Waals surface area contributed by atoms with Gasteiger partial charge < -0.3 is 14.4 Å². The number of halogens is 1. The van der Waals surface area contributed by atoms with Crippen molar-refractivity contribution in [1.82, 2.24) is 0 Å². The molecule has 232 valence electrons. The molecule has 0 spiro atoms. The molecule has 45 heavy (non-hydrogen) atoms. The number of nitrogens with one attached hydrogen (secondary N) is 1. The molecule has 1 heterocycles. The van der Waals surface area contributed by atoms with E-state index < -0.39 is 5.97 Å². The summed E-state index contributed by atoms with van der Waals surface area (Å²) in [6, 6.07) is 26.1. The Labute approximate surface area is 268 Å². The molecule has 0 saturated carbocycles. The predicted octanol–water partition coefficient (Wildman–Crippen LogP) is 7.60. The summed E-state index contributed by atoms with van der Waals surface area (Å²) in [5.74, 6) is -0.560. The first-order chi connectivity index (χ1) is 21.8. The number of ketones is 1. The number of esters is 1. The molecule has 4 aromatic carbocycles. The van der Waals surface area contributed by atoms with Crippen LogP contribution in [-0.2, 0) is 16.0 Å². The summed E-state index contributed by atoms with van der Waals surface area (Å²) >= 11 is 6.59. The number of ether oxygens (including phenoxy) is 2. The number of methoxy groups -OCH3 is 2. The summed E-state index contributed by atoms with van der Waals surface area (Å²) in [7, 11) is 2.73. The van der Waals surface area contributed by atoms with Gasteiger partial charge in [0, 0.05) is 23.7 Å². The highest BCUT2D eigenvalue weighted by molar-refractivity contribution is 6.32. The summed E-state index contributed by atoms with van der Waals surface area (Å²) in [5.41, 5.74) is 8.93. The van der Waals surface area contributed by atoms with Crippen LogP contribution in [0, 0.1) is 0 Å². The number of nitrogens with zero attached hydrogens (tertiary/aromatic N) is 2. The Morgan fingerprint density at radius 1 is 0.867 bits per heavy atom. The van der Waals surface area contributed by atoms with Gasteiger partial charge in [-0.3, -0.25) is 15.0 Å². The van der Waals surface area contributed by atoms with E-state index in [4.69, 9.17) is 21.1 Å². The van der Waals surface area contributed by atoms with E-state index in [9.17, 15) is 14.4 Å². The van der Waals surface area contributed by atoms with Crippen LogP contribution < -0.4 is 20.1 Å². The first-order valence-electron chi connectivity index (χ1n) is 14.9. The molecule has 8 nitrogen and oxygen atoms in total. The number of hydrogen-bond donors (Lipinski definition) is 1. The third-order valence-corrected chi connectivity index (χ3v) is 8.26. The third kappa shape index (κ3) is 7.29. The van der Waals surface area contributed by atoms with E-state index in [1.165, 1.54) is 26.7 Å². The van der Waals surface area contributed by atoms with Crippen molar-refractivity contribution in [2.75, 3.05) is 42.6 Å². The monoisotopic (exact) mass is 625 g/mol. The van der Waals surface area contributed by atoms with Gasteiger partial charge >= 0.3 is 5.97 Å². The van der Waals surface area contributed by atoms with Crippen LogP contribution in [0.5, 0.6) is 5.75 Å². The van der Waals surface area contributed by atoms with Gasteiger partial charge in [-0.15, -0.1) is 0 Å². The van der Waals surface area contributed by atoms with Crippen LogP contribution in [0.2, 0.25) is 5.02 Å². The number of para-hydroxylation sites is 2. The van der Waals surface area contributed by atoms with Crippen LogP contribution in [0.1, 0.15) is 52.5 Å². The average Bonchev–Trinajstić information content (AvgIpc) is 3.08. The van der Waals surface area contributed by atoms with Gasteiger partial charge in [-0.25, -0.2) is 9.80 Å². The Bertz CT molecular complexity index is 1700. The van der Waals surface area contributed by atoms with Gasteiger partial charge in [0.25, 0.3) is 0 Å². The van der Waals surface area contributed by atoms with E-state index in [1.54, 1.807) is 24.1 Å². The Kier molecular flexibility index (Phi) is 10.0. The number of hydrazine groups is 1. The van der Waals surface area contributed by atoms with Crippen LogP contribution in [0.4, 0.5) is 17.1 Å². The molecule has 1 fully saturated rings. The molecule has 1 saturated heterocycles. The van der Waals surface area contributed by atoms with Crippen LogP contribution >= 0.6 is 11.6 Å². The molecule has 0 bridgehead atoms. The minimum Gasteiger partial charge on any atom is -0.496 e. The number of carbonyl (C=O) groups excluding carboxylic acids is 3. The molecular weight excluding hydrogens is 590 g/mol. The molecule has 1 amide bonds. The standard InChI is InChI=1S/C36H36ClN3O5/c1-24(41)26-10-9-11-27(20-26)25-14-16-29(17-15-25)38-40(33-13-6-5-12-32(33)39-18-7-4-8-19-39)35(42)22-28-21-34(44-2)30(23-31(28)37)36(43)45-3/h5-6,9-17,20-21,23,38H,4,7-8,18-19,22H2,1-3H3. The number of piperidine rings is 1. The van der Waals surface area contributed by atoms with Crippen molar-refractivity contribution < 1.29 is 23.9 Å². The molecular formula is C36H36ClN3O5. The molecule has 0 atom stereocenters. The number of hydrogen-bond acceptors (Lipinski definition) is 7. The second kappa shape index (κ2) is 14.3. The molecule has 1 aliphatic heterocycles. The van der Waals surface area contributed by atoms with E-state index in [1.807, 2.05) is 66.7 Å². The smallest absolute Gasteiger partial charge is 0.341 e. The molecule has 9 heteroatoms. The van der Waals surface area contributed by atoms with Gasteiger partial charge in [-0.05, 0) is 85.3 Å². The molecule has 0 aliphatic carbocycles.